The van der Waals surface area contributed by atoms with Gasteiger partial charge in [0.2, 0.25) is 5.91 Å². The highest BCUT2D eigenvalue weighted by atomic mass is 32.1. The molecule has 1 aromatic carbocycles. The summed E-state index contributed by atoms with van der Waals surface area (Å²) in [5, 5.41) is 2.82. The highest BCUT2D eigenvalue weighted by Crippen LogP contribution is 2.19. The van der Waals surface area contributed by atoms with Crippen molar-refractivity contribution < 1.29 is 14.3 Å². The molecule has 0 aromatic heterocycles. The summed E-state index contributed by atoms with van der Waals surface area (Å²) in [6.45, 7) is 9.16. The van der Waals surface area contributed by atoms with E-state index in [1.807, 2.05) is 20.8 Å². The summed E-state index contributed by atoms with van der Waals surface area (Å²) in [6, 6.07) is 8.36. The molecule has 1 aromatic rings. The topological polar surface area (TPSA) is 61.9 Å². The maximum absolute atomic E-state index is 12.1. The van der Waals surface area contributed by atoms with Crippen molar-refractivity contribution in [3.05, 3.63) is 29.8 Å². The summed E-state index contributed by atoms with van der Waals surface area (Å²) in [5.74, 6) is 0.168. The third-order valence-corrected chi connectivity index (χ3v) is 4.40. The van der Waals surface area contributed by atoms with Gasteiger partial charge in [-0.1, -0.05) is 12.1 Å². The number of carbonyl (C=O) groups is 2. The van der Waals surface area contributed by atoms with E-state index in [1.54, 1.807) is 4.90 Å². The van der Waals surface area contributed by atoms with E-state index in [-0.39, 0.29) is 17.8 Å². The van der Waals surface area contributed by atoms with Crippen molar-refractivity contribution in [1.82, 2.24) is 10.2 Å². The second kappa shape index (κ2) is 9.16. The minimum Gasteiger partial charge on any atom is -0.444 e. The molecule has 144 valence electrons. The van der Waals surface area contributed by atoms with E-state index in [1.165, 1.54) is 5.56 Å². The molecule has 0 aliphatic carbocycles. The summed E-state index contributed by atoms with van der Waals surface area (Å²) in [4.78, 5) is 27.3. The first-order chi connectivity index (χ1) is 12.3. The molecule has 0 saturated carbocycles. The van der Waals surface area contributed by atoms with Gasteiger partial charge in [-0.25, -0.2) is 4.79 Å². The van der Waals surface area contributed by atoms with Crippen LogP contribution in [0.4, 0.5) is 10.5 Å². The Bertz CT molecular complexity index is 605. The highest BCUT2D eigenvalue weighted by molar-refractivity contribution is 7.81. The Labute approximate surface area is 161 Å². The number of nitrogens with one attached hydrogen (secondary N) is 1. The predicted molar refractivity (Wildman–Crippen MR) is 107 cm³/mol. The van der Waals surface area contributed by atoms with Crippen LogP contribution in [-0.4, -0.2) is 61.0 Å². The molecule has 0 radical (unpaired) electrons. The van der Waals surface area contributed by atoms with Gasteiger partial charge in [0.1, 0.15) is 5.60 Å². The largest absolute Gasteiger partial charge is 0.444 e. The number of thiol groups is 1. The predicted octanol–water partition coefficient (Wildman–Crippen LogP) is 2.33. The van der Waals surface area contributed by atoms with E-state index in [2.05, 4.69) is 47.1 Å². The molecule has 1 N–H and O–H groups in total. The van der Waals surface area contributed by atoms with Crippen molar-refractivity contribution in [2.45, 2.75) is 32.8 Å². The maximum Gasteiger partial charge on any atom is 0.410 e. The Morgan fingerprint density at radius 1 is 1.12 bits per heavy atom. The zero-order valence-corrected chi connectivity index (χ0v) is 16.7. The molecule has 1 aliphatic heterocycles. The fourth-order valence-corrected chi connectivity index (χ4v) is 2.86. The quantitative estimate of drug-likeness (QED) is 0.771. The molecule has 0 bridgehead atoms. The van der Waals surface area contributed by atoms with Crippen LogP contribution in [0.15, 0.2) is 24.3 Å². The number of benzene rings is 1. The number of hydrogen-bond acceptors (Lipinski definition) is 5. The van der Waals surface area contributed by atoms with Crippen molar-refractivity contribution in [2.75, 3.05) is 43.4 Å². The minimum absolute atomic E-state index is 0.0483. The van der Waals surface area contributed by atoms with Crippen LogP contribution in [0.5, 0.6) is 0 Å². The molecule has 2 rings (SSSR count). The van der Waals surface area contributed by atoms with Crippen molar-refractivity contribution in [1.29, 1.82) is 0 Å². The molecule has 0 spiro atoms. The molecule has 6 nitrogen and oxygen atoms in total. The van der Waals surface area contributed by atoms with Crippen molar-refractivity contribution in [3.63, 3.8) is 0 Å². The average molecular weight is 380 g/mol. The van der Waals surface area contributed by atoms with Crippen LogP contribution >= 0.6 is 12.6 Å². The first-order valence-electron chi connectivity index (χ1n) is 8.98. The lowest BCUT2D eigenvalue weighted by Crippen LogP contribution is -2.50. The Balaban J connectivity index is 1.80. The molecular formula is C19H29N3O3S. The average Bonchev–Trinajstić information content (AvgIpc) is 2.61. The molecule has 1 aliphatic rings. The summed E-state index contributed by atoms with van der Waals surface area (Å²) >= 11 is 3.94. The number of amides is 2. The third-order valence-electron chi connectivity index (χ3n) is 4.11. The number of piperazine rings is 1. The van der Waals surface area contributed by atoms with E-state index >= 15 is 0 Å². The van der Waals surface area contributed by atoms with Gasteiger partial charge in [0.25, 0.3) is 0 Å². The Morgan fingerprint density at radius 3 is 2.27 bits per heavy atom. The van der Waals surface area contributed by atoms with E-state index in [9.17, 15) is 9.59 Å². The van der Waals surface area contributed by atoms with E-state index in [0.29, 0.717) is 19.6 Å². The Morgan fingerprint density at radius 2 is 1.73 bits per heavy atom. The SMILES string of the molecule is CC(C)(C)OC(=O)N1CCN(c2ccc(CCNC(=O)CS)cc2)CC1. The molecule has 0 atom stereocenters. The zero-order chi connectivity index (χ0) is 19.2. The Hall–Kier alpha value is -1.89. The van der Waals surface area contributed by atoms with Crippen molar-refractivity contribution >= 4 is 30.3 Å². The number of nitrogens with zero attached hydrogens (tertiary/aromatic N) is 2. The monoisotopic (exact) mass is 379 g/mol. The molecule has 1 fully saturated rings. The smallest absolute Gasteiger partial charge is 0.410 e. The lowest BCUT2D eigenvalue weighted by Gasteiger charge is -2.36. The van der Waals surface area contributed by atoms with Gasteiger partial charge in [0.05, 0.1) is 5.75 Å². The second-order valence-corrected chi connectivity index (χ2v) is 7.70. The second-order valence-electron chi connectivity index (χ2n) is 7.38. The van der Waals surface area contributed by atoms with Gasteiger partial charge in [-0.15, -0.1) is 0 Å². The van der Waals surface area contributed by atoms with Crippen LogP contribution in [0, 0.1) is 0 Å². The number of anilines is 1. The standard InChI is InChI=1S/C19H29N3O3S/c1-19(2,3)25-18(24)22-12-10-21(11-13-22)16-6-4-15(5-7-16)8-9-20-17(23)14-26/h4-7,26H,8-14H2,1-3H3,(H,20,23). The van der Waals surface area contributed by atoms with Gasteiger partial charge in [-0.2, -0.15) is 12.6 Å². The summed E-state index contributed by atoms with van der Waals surface area (Å²) < 4.78 is 5.43. The normalized spacial score (nSPS) is 14.9. The molecule has 0 unspecified atom stereocenters. The van der Waals surface area contributed by atoms with Crippen LogP contribution in [0.3, 0.4) is 0 Å². The van der Waals surface area contributed by atoms with Crippen LogP contribution in [0.1, 0.15) is 26.3 Å². The third kappa shape index (κ3) is 6.44. The summed E-state index contributed by atoms with van der Waals surface area (Å²) in [5.41, 5.74) is 1.87. The maximum atomic E-state index is 12.1. The molecule has 7 heteroatoms. The van der Waals surface area contributed by atoms with Gasteiger partial charge in [-0.3, -0.25) is 4.79 Å². The molecule has 1 saturated heterocycles. The van der Waals surface area contributed by atoms with E-state index < -0.39 is 5.60 Å². The fourth-order valence-electron chi connectivity index (χ4n) is 2.75. The zero-order valence-electron chi connectivity index (χ0n) is 15.8. The van der Waals surface area contributed by atoms with Crippen molar-refractivity contribution in [3.8, 4) is 0 Å². The van der Waals surface area contributed by atoms with Crippen molar-refractivity contribution in [2.24, 2.45) is 0 Å². The van der Waals surface area contributed by atoms with Gasteiger partial charge < -0.3 is 19.9 Å². The fraction of sp³-hybridized carbons (Fsp3) is 0.579. The van der Waals surface area contributed by atoms with Crippen LogP contribution in [-0.2, 0) is 16.0 Å². The van der Waals surface area contributed by atoms with Gasteiger partial charge in [-0.05, 0) is 44.9 Å². The van der Waals surface area contributed by atoms with Gasteiger partial charge >= 0.3 is 6.09 Å². The summed E-state index contributed by atoms with van der Waals surface area (Å²) in [7, 11) is 0. The number of hydrogen-bond donors (Lipinski definition) is 2. The summed E-state index contributed by atoms with van der Waals surface area (Å²) in [6.07, 6.45) is 0.558. The highest BCUT2D eigenvalue weighted by Gasteiger charge is 2.25. The Kier molecular flexibility index (Phi) is 7.20. The first-order valence-corrected chi connectivity index (χ1v) is 9.61. The molecular weight excluding hydrogens is 350 g/mol. The molecule has 1 heterocycles. The number of rotatable bonds is 5. The van der Waals surface area contributed by atoms with Gasteiger partial charge in [0, 0.05) is 38.4 Å². The minimum atomic E-state index is -0.462. The van der Waals surface area contributed by atoms with Gasteiger partial charge in [0.15, 0.2) is 0 Å². The number of carbonyl (C=O) groups excluding carboxylic acids is 2. The lowest BCUT2D eigenvalue weighted by atomic mass is 10.1. The van der Waals surface area contributed by atoms with Crippen LogP contribution < -0.4 is 10.2 Å². The molecule has 26 heavy (non-hydrogen) atoms. The van der Waals surface area contributed by atoms with E-state index in [0.717, 1.165) is 25.2 Å². The van der Waals surface area contributed by atoms with E-state index in [4.69, 9.17) is 4.74 Å². The molecule has 2 amide bonds. The van der Waals surface area contributed by atoms with Crippen LogP contribution in [0.2, 0.25) is 0 Å². The first kappa shape index (κ1) is 20.4. The lowest BCUT2D eigenvalue weighted by molar-refractivity contribution is -0.118. The number of ether oxygens (including phenoxy) is 1. The van der Waals surface area contributed by atoms with Crippen LogP contribution in [0.25, 0.3) is 0 Å².